The summed E-state index contributed by atoms with van der Waals surface area (Å²) in [4.78, 5) is 0. The van der Waals surface area contributed by atoms with Crippen LogP contribution in [0.5, 0.6) is 0 Å². The monoisotopic (exact) mass is 546 g/mol. The second-order valence-corrected chi connectivity index (χ2v) is 10.3. The smallest absolute Gasteiger partial charge is 0.00203 e. The third-order valence-electron chi connectivity index (χ3n) is 7.64. The Bertz CT molecular complexity index is 1820. The lowest BCUT2D eigenvalue weighted by Gasteiger charge is -2.20. The van der Waals surface area contributed by atoms with Crippen LogP contribution in [0, 0.1) is 13.8 Å². The molecule has 0 aromatic heterocycles. The molecule has 5 aromatic carbocycles. The molecule has 0 radical (unpaired) electrons. The van der Waals surface area contributed by atoms with Crippen LogP contribution in [0.25, 0.3) is 54.9 Å². The van der Waals surface area contributed by atoms with Gasteiger partial charge in [-0.3, -0.25) is 0 Å². The maximum Gasteiger partial charge on any atom is -0.00203 e. The molecule has 0 bridgehead atoms. The SMILES string of the molecule is C=C/C=C(\C=C)c1ccc2c(-c3ccc(C)cc3)c(-c3ccc(C)cc3)c3ccc(C(/C=C\C)=C/C)cc3c2c1.CC. The highest BCUT2D eigenvalue weighted by atomic mass is 14.2. The number of allylic oxidation sites excluding steroid dienone is 8. The van der Waals surface area contributed by atoms with Crippen molar-refractivity contribution in [2.24, 2.45) is 0 Å². The molecule has 0 amide bonds. The van der Waals surface area contributed by atoms with Gasteiger partial charge in [0.05, 0.1) is 0 Å². The minimum Gasteiger partial charge on any atom is -0.0990 e. The highest BCUT2D eigenvalue weighted by Gasteiger charge is 2.19. The van der Waals surface area contributed by atoms with Crippen molar-refractivity contribution in [2.75, 3.05) is 0 Å². The molecule has 0 N–H and O–H groups in total. The number of hydrogen-bond acceptors (Lipinski definition) is 0. The van der Waals surface area contributed by atoms with Crippen molar-refractivity contribution in [3.8, 4) is 22.3 Å². The first-order valence-corrected chi connectivity index (χ1v) is 14.9. The van der Waals surface area contributed by atoms with Crippen LogP contribution in [0.3, 0.4) is 0 Å². The summed E-state index contributed by atoms with van der Waals surface area (Å²) in [7, 11) is 0. The number of aryl methyl sites for hydroxylation is 2. The molecule has 0 heteroatoms. The Morgan fingerprint density at radius 3 is 1.40 bits per heavy atom. The van der Waals surface area contributed by atoms with E-state index in [-0.39, 0.29) is 0 Å². The van der Waals surface area contributed by atoms with Gasteiger partial charge in [0, 0.05) is 0 Å². The molecule has 0 fully saturated rings. The molecule has 0 saturated heterocycles. The van der Waals surface area contributed by atoms with Crippen LogP contribution in [-0.4, -0.2) is 0 Å². The Morgan fingerprint density at radius 2 is 1.02 bits per heavy atom. The number of fused-ring (bicyclic) bond motifs is 3. The lowest BCUT2D eigenvalue weighted by atomic mass is 9.83. The molecule has 0 nitrogen and oxygen atoms in total. The molecule has 0 heterocycles. The van der Waals surface area contributed by atoms with Crippen molar-refractivity contribution >= 4 is 32.7 Å². The van der Waals surface area contributed by atoms with Crippen LogP contribution < -0.4 is 0 Å². The number of benzene rings is 5. The summed E-state index contributed by atoms with van der Waals surface area (Å²) in [5.74, 6) is 0. The lowest BCUT2D eigenvalue weighted by Crippen LogP contribution is -1.94. The fourth-order valence-corrected chi connectivity index (χ4v) is 5.59. The molecule has 0 saturated carbocycles. The van der Waals surface area contributed by atoms with Crippen LogP contribution in [0.1, 0.15) is 49.9 Å². The van der Waals surface area contributed by atoms with E-state index in [4.69, 9.17) is 0 Å². The Kier molecular flexibility index (Phi) is 9.94. The Hall–Kier alpha value is -4.68. The predicted molar refractivity (Wildman–Crippen MR) is 190 cm³/mol. The largest absolute Gasteiger partial charge is 0.0990 e. The van der Waals surface area contributed by atoms with Gasteiger partial charge in [0.2, 0.25) is 0 Å². The topological polar surface area (TPSA) is 0 Å². The lowest BCUT2D eigenvalue weighted by molar-refractivity contribution is 1.46. The molecule has 0 spiro atoms. The van der Waals surface area contributed by atoms with E-state index in [1.165, 1.54) is 66.1 Å². The van der Waals surface area contributed by atoms with Crippen LogP contribution in [-0.2, 0) is 0 Å². The highest BCUT2D eigenvalue weighted by Crippen LogP contribution is 2.46. The van der Waals surface area contributed by atoms with Gasteiger partial charge in [0.25, 0.3) is 0 Å². The maximum atomic E-state index is 4.07. The van der Waals surface area contributed by atoms with Gasteiger partial charge in [-0.05, 0) is 106 Å². The second kappa shape index (κ2) is 13.8. The number of rotatable bonds is 7. The van der Waals surface area contributed by atoms with Gasteiger partial charge in [-0.15, -0.1) is 0 Å². The summed E-state index contributed by atoms with van der Waals surface area (Å²) in [6.45, 7) is 20.4. The fourth-order valence-electron chi connectivity index (χ4n) is 5.59. The average molecular weight is 547 g/mol. The van der Waals surface area contributed by atoms with E-state index < -0.39 is 0 Å². The van der Waals surface area contributed by atoms with E-state index in [0.717, 1.165) is 11.1 Å². The minimum absolute atomic E-state index is 1.06. The zero-order chi connectivity index (χ0) is 30.2. The van der Waals surface area contributed by atoms with Gasteiger partial charge in [0.1, 0.15) is 0 Å². The van der Waals surface area contributed by atoms with Crippen molar-refractivity contribution in [2.45, 2.75) is 41.5 Å². The van der Waals surface area contributed by atoms with E-state index in [1.54, 1.807) is 0 Å². The predicted octanol–water partition coefficient (Wildman–Crippen LogP) is 12.7. The Balaban J connectivity index is 0.00000198. The third kappa shape index (κ3) is 5.99. The van der Waals surface area contributed by atoms with Crippen molar-refractivity contribution in [1.82, 2.24) is 0 Å². The molecule has 0 unspecified atom stereocenters. The second-order valence-electron chi connectivity index (χ2n) is 10.3. The molecule has 0 atom stereocenters. The summed E-state index contributed by atoms with van der Waals surface area (Å²) in [6.07, 6.45) is 12.2. The molecule has 0 aliphatic rings. The minimum atomic E-state index is 1.06. The van der Waals surface area contributed by atoms with Crippen LogP contribution in [0.4, 0.5) is 0 Å². The van der Waals surface area contributed by atoms with Crippen molar-refractivity contribution < 1.29 is 0 Å². The van der Waals surface area contributed by atoms with E-state index in [2.05, 4.69) is 144 Å². The molecule has 0 aliphatic heterocycles. The van der Waals surface area contributed by atoms with Gasteiger partial charge < -0.3 is 0 Å². The average Bonchev–Trinajstić information content (AvgIpc) is 3.03. The van der Waals surface area contributed by atoms with Crippen LogP contribution in [0.15, 0.2) is 135 Å². The first kappa shape index (κ1) is 30.3. The first-order chi connectivity index (χ1) is 20.5. The summed E-state index contributed by atoms with van der Waals surface area (Å²) in [5, 5.41) is 4.96. The van der Waals surface area contributed by atoms with Gasteiger partial charge in [-0.25, -0.2) is 0 Å². The van der Waals surface area contributed by atoms with Gasteiger partial charge >= 0.3 is 0 Å². The summed E-state index contributed by atoms with van der Waals surface area (Å²) in [5.41, 5.74) is 12.1. The molecule has 5 rings (SSSR count). The number of hydrogen-bond donors (Lipinski definition) is 0. The van der Waals surface area contributed by atoms with Gasteiger partial charge in [-0.2, -0.15) is 0 Å². The van der Waals surface area contributed by atoms with Gasteiger partial charge in [-0.1, -0.05) is 147 Å². The van der Waals surface area contributed by atoms with E-state index in [0.29, 0.717) is 0 Å². The third-order valence-corrected chi connectivity index (χ3v) is 7.64. The fraction of sp³-hybridized carbons (Fsp3) is 0.143. The van der Waals surface area contributed by atoms with E-state index in [1.807, 2.05) is 32.1 Å². The zero-order valence-electron chi connectivity index (χ0n) is 26.0. The first-order valence-electron chi connectivity index (χ1n) is 14.9. The molecule has 5 aromatic rings. The highest BCUT2D eigenvalue weighted by molar-refractivity contribution is 6.22. The standard InChI is InChI=1S/C40H36.C2H6/c1-7-11-29(9-3)33-21-23-35-37(25-33)38-26-34(30(10-4)12-8-2)22-24-36(38)40(32-19-15-28(6)16-20-32)39(35)31-17-13-27(5)14-18-31;1-2/h7-26H,1,3H2,2,4-6H3;1-2H3/b12-8-,29-11+,30-10+;. The summed E-state index contributed by atoms with van der Waals surface area (Å²) < 4.78 is 0. The molecular weight excluding hydrogens is 504 g/mol. The Morgan fingerprint density at radius 1 is 0.571 bits per heavy atom. The van der Waals surface area contributed by atoms with Crippen molar-refractivity contribution in [1.29, 1.82) is 0 Å². The molecule has 42 heavy (non-hydrogen) atoms. The molecule has 210 valence electrons. The summed E-state index contributed by atoms with van der Waals surface area (Å²) >= 11 is 0. The van der Waals surface area contributed by atoms with E-state index >= 15 is 0 Å². The molecule has 0 aliphatic carbocycles. The van der Waals surface area contributed by atoms with E-state index in [9.17, 15) is 0 Å². The van der Waals surface area contributed by atoms with Gasteiger partial charge in [0.15, 0.2) is 0 Å². The Labute approximate surface area is 252 Å². The maximum absolute atomic E-state index is 4.07. The van der Waals surface area contributed by atoms with Crippen LogP contribution in [0.2, 0.25) is 0 Å². The van der Waals surface area contributed by atoms with Crippen molar-refractivity contribution in [3.63, 3.8) is 0 Å². The molecular formula is C42H42. The van der Waals surface area contributed by atoms with Crippen molar-refractivity contribution in [3.05, 3.63) is 157 Å². The van der Waals surface area contributed by atoms with Crippen LogP contribution >= 0.6 is 0 Å². The quantitative estimate of drug-likeness (QED) is 0.141. The normalized spacial score (nSPS) is 12.0. The zero-order valence-corrected chi connectivity index (χ0v) is 26.0. The summed E-state index contributed by atoms with van der Waals surface area (Å²) in [6, 6.07) is 31.6.